The van der Waals surface area contributed by atoms with Crippen LogP contribution in [0.25, 0.3) is 0 Å². The predicted octanol–water partition coefficient (Wildman–Crippen LogP) is 3.49. The summed E-state index contributed by atoms with van der Waals surface area (Å²) in [5, 5.41) is 3.01. The van der Waals surface area contributed by atoms with Gasteiger partial charge in [-0.1, -0.05) is 18.2 Å². The second-order valence-corrected chi connectivity index (χ2v) is 6.93. The van der Waals surface area contributed by atoms with E-state index in [1.54, 1.807) is 17.0 Å². The molecule has 0 spiro atoms. The molecule has 1 aromatic carbocycles. The summed E-state index contributed by atoms with van der Waals surface area (Å²) < 4.78 is 16.1. The van der Waals surface area contributed by atoms with Gasteiger partial charge in [0.05, 0.1) is 18.1 Å². The Morgan fingerprint density at radius 1 is 1.07 bits per heavy atom. The molecule has 0 bridgehead atoms. The molecule has 3 aromatic rings. The van der Waals surface area contributed by atoms with Crippen molar-refractivity contribution >= 4 is 11.8 Å². The summed E-state index contributed by atoms with van der Waals surface area (Å²) in [6.45, 7) is 1.41. The van der Waals surface area contributed by atoms with E-state index in [0.29, 0.717) is 37.1 Å². The van der Waals surface area contributed by atoms with E-state index in [-0.39, 0.29) is 30.2 Å². The number of para-hydroxylation sites is 1. The van der Waals surface area contributed by atoms with Gasteiger partial charge in [-0.25, -0.2) is 0 Å². The largest absolute Gasteiger partial charge is 0.489 e. The minimum Gasteiger partial charge on any atom is -0.489 e. The number of carbonyl (C=O) groups is 2. The van der Waals surface area contributed by atoms with Crippen molar-refractivity contribution in [1.29, 1.82) is 0 Å². The highest BCUT2D eigenvalue weighted by molar-refractivity contribution is 5.94. The molecule has 0 radical (unpaired) electrons. The second kappa shape index (κ2) is 8.68. The zero-order valence-corrected chi connectivity index (χ0v) is 15.9. The maximum atomic E-state index is 12.7. The van der Waals surface area contributed by atoms with E-state index in [2.05, 4.69) is 5.32 Å². The van der Waals surface area contributed by atoms with Crippen LogP contribution < -0.4 is 10.1 Å². The highest BCUT2D eigenvalue weighted by atomic mass is 16.5. The molecule has 7 heteroatoms. The van der Waals surface area contributed by atoms with Gasteiger partial charge in [0.15, 0.2) is 5.76 Å². The standard InChI is InChI=1S/C22H22N2O5/c25-21(20-16(9-13-28-20)15-29-19-4-2-1-3-5-19)23-18-6-10-24(11-7-18)22(26)17-8-12-27-14-17/h1-5,8-9,12-14,18H,6-7,10-11,15H2,(H,23,25). The fourth-order valence-corrected chi connectivity index (χ4v) is 3.37. The van der Waals surface area contributed by atoms with Crippen molar-refractivity contribution in [2.75, 3.05) is 13.1 Å². The van der Waals surface area contributed by atoms with Crippen LogP contribution in [-0.2, 0) is 6.61 Å². The SMILES string of the molecule is O=C(NC1CCN(C(=O)c2ccoc2)CC1)c1occc1COc1ccccc1. The van der Waals surface area contributed by atoms with Gasteiger partial charge in [-0.3, -0.25) is 9.59 Å². The maximum absolute atomic E-state index is 12.7. The van der Waals surface area contributed by atoms with Crippen molar-refractivity contribution in [1.82, 2.24) is 10.2 Å². The van der Waals surface area contributed by atoms with Crippen LogP contribution in [0.15, 0.2) is 70.1 Å². The molecular weight excluding hydrogens is 372 g/mol. The fraction of sp³-hybridized carbons (Fsp3) is 0.273. The van der Waals surface area contributed by atoms with Crippen molar-refractivity contribution in [3.63, 3.8) is 0 Å². The molecule has 7 nitrogen and oxygen atoms in total. The van der Waals surface area contributed by atoms with Crippen molar-refractivity contribution in [2.45, 2.75) is 25.5 Å². The lowest BCUT2D eigenvalue weighted by Crippen LogP contribution is -2.46. The molecule has 1 saturated heterocycles. The molecule has 29 heavy (non-hydrogen) atoms. The van der Waals surface area contributed by atoms with Crippen LogP contribution in [0.1, 0.15) is 39.3 Å². The first-order chi connectivity index (χ1) is 14.2. The molecule has 0 unspecified atom stereocenters. The first-order valence-corrected chi connectivity index (χ1v) is 9.57. The van der Waals surface area contributed by atoms with Crippen LogP contribution in [-0.4, -0.2) is 35.8 Å². The number of benzene rings is 1. The number of likely N-dealkylation sites (tertiary alicyclic amines) is 1. The predicted molar refractivity (Wildman–Crippen MR) is 105 cm³/mol. The smallest absolute Gasteiger partial charge is 0.287 e. The Morgan fingerprint density at radius 3 is 2.59 bits per heavy atom. The molecule has 2 amide bonds. The maximum Gasteiger partial charge on any atom is 0.287 e. The first-order valence-electron chi connectivity index (χ1n) is 9.57. The summed E-state index contributed by atoms with van der Waals surface area (Å²) in [6, 6.07) is 12.8. The van der Waals surface area contributed by atoms with Crippen molar-refractivity contribution in [2.24, 2.45) is 0 Å². The van der Waals surface area contributed by atoms with Crippen LogP contribution in [0.5, 0.6) is 5.75 Å². The Morgan fingerprint density at radius 2 is 1.86 bits per heavy atom. The molecule has 1 aliphatic rings. The highest BCUT2D eigenvalue weighted by Crippen LogP contribution is 2.18. The summed E-state index contributed by atoms with van der Waals surface area (Å²) >= 11 is 0. The highest BCUT2D eigenvalue weighted by Gasteiger charge is 2.26. The lowest BCUT2D eigenvalue weighted by atomic mass is 10.0. The summed E-state index contributed by atoms with van der Waals surface area (Å²) in [5.74, 6) is 0.684. The van der Waals surface area contributed by atoms with Gasteiger partial charge >= 0.3 is 0 Å². The van der Waals surface area contributed by atoms with E-state index >= 15 is 0 Å². The van der Waals surface area contributed by atoms with Crippen LogP contribution in [0.2, 0.25) is 0 Å². The van der Waals surface area contributed by atoms with Gasteiger partial charge in [-0.2, -0.15) is 0 Å². The van der Waals surface area contributed by atoms with Gasteiger partial charge < -0.3 is 23.8 Å². The summed E-state index contributed by atoms with van der Waals surface area (Å²) in [4.78, 5) is 26.8. The van der Waals surface area contributed by atoms with Gasteiger partial charge in [0.2, 0.25) is 0 Å². The number of piperidine rings is 1. The van der Waals surface area contributed by atoms with Crippen LogP contribution in [0, 0.1) is 0 Å². The molecule has 1 aliphatic heterocycles. The lowest BCUT2D eigenvalue weighted by molar-refractivity contribution is 0.0694. The van der Waals surface area contributed by atoms with Gasteiger partial charge in [-0.05, 0) is 37.1 Å². The van der Waals surface area contributed by atoms with Crippen LogP contribution in [0.4, 0.5) is 0 Å². The van der Waals surface area contributed by atoms with Gasteiger partial charge in [0, 0.05) is 24.7 Å². The summed E-state index contributed by atoms with van der Waals surface area (Å²) in [7, 11) is 0. The molecule has 1 N–H and O–H groups in total. The molecule has 3 heterocycles. The number of rotatable bonds is 6. The number of nitrogens with zero attached hydrogens (tertiary/aromatic N) is 1. The Labute approximate surface area is 168 Å². The number of amides is 2. The van der Waals surface area contributed by atoms with Gasteiger partial charge in [0.25, 0.3) is 11.8 Å². The van der Waals surface area contributed by atoms with Crippen molar-refractivity contribution < 1.29 is 23.2 Å². The Balaban J connectivity index is 1.29. The fourth-order valence-electron chi connectivity index (χ4n) is 3.37. The number of carbonyl (C=O) groups excluding carboxylic acids is 2. The zero-order chi connectivity index (χ0) is 20.1. The monoisotopic (exact) mass is 394 g/mol. The molecule has 150 valence electrons. The number of furan rings is 2. The molecule has 0 saturated carbocycles. The third kappa shape index (κ3) is 4.51. The topological polar surface area (TPSA) is 84.9 Å². The van der Waals surface area contributed by atoms with Crippen molar-refractivity contribution in [3.8, 4) is 5.75 Å². The van der Waals surface area contributed by atoms with E-state index < -0.39 is 0 Å². The van der Waals surface area contributed by atoms with Crippen LogP contribution >= 0.6 is 0 Å². The van der Waals surface area contributed by atoms with E-state index in [0.717, 1.165) is 5.75 Å². The number of hydrogen-bond acceptors (Lipinski definition) is 5. The molecule has 2 aromatic heterocycles. The number of ether oxygens (including phenoxy) is 1. The van der Waals surface area contributed by atoms with Crippen molar-refractivity contribution in [3.05, 3.63) is 78.1 Å². The molecule has 1 fully saturated rings. The average Bonchev–Trinajstić information content (AvgIpc) is 3.45. The van der Waals surface area contributed by atoms with E-state index in [1.165, 1.54) is 18.8 Å². The molecule has 0 aliphatic carbocycles. The van der Waals surface area contributed by atoms with E-state index in [1.807, 2.05) is 30.3 Å². The summed E-state index contributed by atoms with van der Waals surface area (Å²) in [5.41, 5.74) is 1.24. The van der Waals surface area contributed by atoms with E-state index in [9.17, 15) is 9.59 Å². The number of hydrogen-bond donors (Lipinski definition) is 1. The van der Waals surface area contributed by atoms with E-state index in [4.69, 9.17) is 13.6 Å². The third-order valence-electron chi connectivity index (χ3n) is 4.98. The quantitative estimate of drug-likeness (QED) is 0.692. The number of nitrogens with one attached hydrogen (secondary N) is 1. The second-order valence-electron chi connectivity index (χ2n) is 6.93. The normalized spacial score (nSPS) is 14.6. The van der Waals surface area contributed by atoms with Gasteiger partial charge in [0.1, 0.15) is 18.6 Å². The molecule has 0 atom stereocenters. The minimum absolute atomic E-state index is 0.0103. The molecule has 4 rings (SSSR count). The van der Waals surface area contributed by atoms with Gasteiger partial charge in [-0.15, -0.1) is 0 Å². The Bertz CT molecular complexity index is 941. The average molecular weight is 394 g/mol. The molecular formula is C22H22N2O5. The Kier molecular flexibility index (Phi) is 5.65. The zero-order valence-electron chi connectivity index (χ0n) is 15.9. The lowest BCUT2D eigenvalue weighted by Gasteiger charge is -2.32. The summed E-state index contributed by atoms with van der Waals surface area (Å²) in [6.07, 6.45) is 5.80. The Hall–Kier alpha value is -3.48. The third-order valence-corrected chi connectivity index (χ3v) is 4.98. The first kappa shape index (κ1) is 18.9. The minimum atomic E-state index is -0.263. The van der Waals surface area contributed by atoms with Crippen LogP contribution in [0.3, 0.4) is 0 Å².